The van der Waals surface area contributed by atoms with E-state index in [2.05, 4.69) is 30.3 Å². The molecule has 1 aliphatic rings. The van der Waals surface area contributed by atoms with Gasteiger partial charge in [0, 0.05) is 24.0 Å². The molecule has 26 heavy (non-hydrogen) atoms. The number of piperidine rings is 1. The van der Waals surface area contributed by atoms with Gasteiger partial charge in [-0.3, -0.25) is 4.79 Å². The van der Waals surface area contributed by atoms with Crippen LogP contribution < -0.4 is 10.2 Å². The number of anilines is 1. The summed E-state index contributed by atoms with van der Waals surface area (Å²) in [6, 6.07) is 5.90. The average molecular weight is 369 g/mol. The fourth-order valence-electron chi connectivity index (χ4n) is 3.09. The number of hydrogen-bond donors (Lipinski definition) is 1. The summed E-state index contributed by atoms with van der Waals surface area (Å²) >= 11 is 1.65. The topological polar surface area (TPSA) is 88.8 Å². The molecular weight excluding hydrogens is 350 g/mol. The van der Waals surface area contributed by atoms with Gasteiger partial charge >= 0.3 is 0 Å². The lowest BCUT2D eigenvalue weighted by Gasteiger charge is -2.32. The largest absolute Gasteiger partial charge is 0.356 e. The number of aromatic nitrogens is 5. The monoisotopic (exact) mass is 369 g/mol. The first kappa shape index (κ1) is 16.6. The molecule has 1 fully saturated rings. The van der Waals surface area contributed by atoms with Crippen molar-refractivity contribution in [2.24, 2.45) is 5.92 Å². The number of carbonyl (C=O) groups excluding carboxylic acids is 1. The van der Waals surface area contributed by atoms with Crippen molar-refractivity contribution in [3.05, 3.63) is 47.4 Å². The number of carbonyl (C=O) groups is 1. The summed E-state index contributed by atoms with van der Waals surface area (Å²) in [5.41, 5.74) is 0. The first-order chi connectivity index (χ1) is 12.8. The van der Waals surface area contributed by atoms with Crippen molar-refractivity contribution in [3.63, 3.8) is 0 Å². The zero-order valence-electron chi connectivity index (χ0n) is 14.2. The molecule has 1 amide bonds. The molecule has 3 aromatic rings. The highest BCUT2D eigenvalue weighted by atomic mass is 32.1. The van der Waals surface area contributed by atoms with Crippen LogP contribution in [0.2, 0.25) is 0 Å². The SMILES string of the molecule is O=C(NCc1cccs1)[C@@H]1CCCN(c2cc(-n3cncn3)ncn2)C1. The van der Waals surface area contributed by atoms with E-state index in [1.807, 2.05) is 23.6 Å². The molecule has 0 radical (unpaired) electrons. The van der Waals surface area contributed by atoms with Crippen molar-refractivity contribution in [1.29, 1.82) is 0 Å². The molecule has 4 heterocycles. The van der Waals surface area contributed by atoms with E-state index >= 15 is 0 Å². The van der Waals surface area contributed by atoms with Crippen molar-refractivity contribution in [2.75, 3.05) is 18.0 Å². The quantitative estimate of drug-likeness (QED) is 0.736. The van der Waals surface area contributed by atoms with Crippen LogP contribution in [0, 0.1) is 5.92 Å². The second-order valence-electron chi connectivity index (χ2n) is 6.16. The van der Waals surface area contributed by atoms with E-state index in [0.29, 0.717) is 18.9 Å². The number of nitrogens with zero attached hydrogens (tertiary/aromatic N) is 6. The second kappa shape index (κ2) is 7.61. The maximum Gasteiger partial charge on any atom is 0.225 e. The van der Waals surface area contributed by atoms with E-state index in [9.17, 15) is 4.79 Å². The van der Waals surface area contributed by atoms with Gasteiger partial charge in [0.25, 0.3) is 0 Å². The Morgan fingerprint density at radius 3 is 3.04 bits per heavy atom. The standard InChI is InChI=1S/C17H19N7OS/c25-17(19-8-14-4-2-6-26-14)13-3-1-5-23(9-13)15-7-16(21-11-20-15)24-12-18-10-22-24/h2,4,6-7,10-13H,1,3,5,8-9H2,(H,19,25)/t13-/m1/s1. The lowest BCUT2D eigenvalue weighted by Crippen LogP contribution is -2.43. The number of amides is 1. The molecule has 3 aromatic heterocycles. The Morgan fingerprint density at radius 1 is 1.31 bits per heavy atom. The Bertz CT molecular complexity index is 850. The first-order valence-electron chi connectivity index (χ1n) is 8.51. The van der Waals surface area contributed by atoms with Gasteiger partial charge in [-0.1, -0.05) is 6.07 Å². The molecule has 4 rings (SSSR count). The lowest BCUT2D eigenvalue weighted by molar-refractivity contribution is -0.125. The minimum atomic E-state index is -0.0338. The highest BCUT2D eigenvalue weighted by Gasteiger charge is 2.26. The summed E-state index contributed by atoms with van der Waals surface area (Å²) in [4.78, 5) is 28.4. The third-order valence-electron chi connectivity index (χ3n) is 4.42. The van der Waals surface area contributed by atoms with Gasteiger partial charge in [0.2, 0.25) is 5.91 Å². The van der Waals surface area contributed by atoms with Gasteiger partial charge in [-0.25, -0.2) is 19.6 Å². The highest BCUT2D eigenvalue weighted by Crippen LogP contribution is 2.22. The molecule has 0 saturated carbocycles. The summed E-state index contributed by atoms with van der Waals surface area (Å²) in [5.74, 6) is 1.54. The Kier molecular flexibility index (Phi) is 4.87. The molecule has 1 aliphatic heterocycles. The van der Waals surface area contributed by atoms with Crippen molar-refractivity contribution in [2.45, 2.75) is 19.4 Å². The van der Waals surface area contributed by atoms with E-state index in [4.69, 9.17) is 0 Å². The van der Waals surface area contributed by atoms with Crippen molar-refractivity contribution in [3.8, 4) is 5.82 Å². The summed E-state index contributed by atoms with van der Waals surface area (Å²) in [7, 11) is 0. The molecular formula is C17H19N7OS. The molecule has 0 unspecified atom stereocenters. The summed E-state index contributed by atoms with van der Waals surface area (Å²) in [6.07, 6.45) is 6.44. The predicted octanol–water partition coefficient (Wildman–Crippen LogP) is 1.65. The Labute approximate surface area is 154 Å². The van der Waals surface area contributed by atoms with E-state index in [0.717, 1.165) is 25.2 Å². The molecule has 0 aromatic carbocycles. The zero-order chi connectivity index (χ0) is 17.8. The number of nitrogens with one attached hydrogen (secondary N) is 1. The third kappa shape index (κ3) is 3.72. The molecule has 8 nitrogen and oxygen atoms in total. The number of rotatable bonds is 5. The maximum absolute atomic E-state index is 12.5. The minimum Gasteiger partial charge on any atom is -0.356 e. The van der Waals surface area contributed by atoms with E-state index in [1.165, 1.54) is 17.5 Å². The van der Waals surface area contributed by atoms with Crippen LogP contribution >= 0.6 is 11.3 Å². The summed E-state index contributed by atoms with van der Waals surface area (Å²) < 4.78 is 1.60. The second-order valence-corrected chi connectivity index (χ2v) is 7.19. The van der Waals surface area contributed by atoms with Crippen molar-refractivity contribution in [1.82, 2.24) is 30.0 Å². The Hall–Kier alpha value is -2.81. The maximum atomic E-state index is 12.5. The van der Waals surface area contributed by atoms with Crippen molar-refractivity contribution < 1.29 is 4.79 Å². The highest BCUT2D eigenvalue weighted by molar-refractivity contribution is 7.09. The van der Waals surface area contributed by atoms with Gasteiger partial charge in [-0.15, -0.1) is 11.3 Å². The molecule has 0 bridgehead atoms. The number of thiophene rings is 1. The number of hydrogen-bond acceptors (Lipinski definition) is 7. The molecule has 1 atom stereocenters. The molecule has 0 aliphatic carbocycles. The van der Waals surface area contributed by atoms with Crippen LogP contribution in [0.5, 0.6) is 0 Å². The van der Waals surface area contributed by atoms with Crippen LogP contribution in [0.3, 0.4) is 0 Å². The van der Waals surface area contributed by atoms with Crippen molar-refractivity contribution >= 4 is 23.1 Å². The predicted molar refractivity (Wildman–Crippen MR) is 98.1 cm³/mol. The van der Waals surface area contributed by atoms with Gasteiger partial charge in [-0.05, 0) is 24.3 Å². The van der Waals surface area contributed by atoms with Crippen LogP contribution in [-0.2, 0) is 11.3 Å². The molecule has 0 spiro atoms. The first-order valence-corrected chi connectivity index (χ1v) is 9.39. The van der Waals surface area contributed by atoms with E-state index in [1.54, 1.807) is 22.3 Å². The molecule has 1 N–H and O–H groups in total. The smallest absolute Gasteiger partial charge is 0.225 e. The van der Waals surface area contributed by atoms with Gasteiger partial charge in [-0.2, -0.15) is 5.10 Å². The van der Waals surface area contributed by atoms with Gasteiger partial charge in [0.15, 0.2) is 5.82 Å². The third-order valence-corrected chi connectivity index (χ3v) is 5.30. The summed E-state index contributed by atoms with van der Waals surface area (Å²) in [5, 5.41) is 9.17. The van der Waals surface area contributed by atoms with Crippen LogP contribution in [0.1, 0.15) is 17.7 Å². The van der Waals surface area contributed by atoms with Gasteiger partial charge in [0.1, 0.15) is 24.8 Å². The van der Waals surface area contributed by atoms with E-state index < -0.39 is 0 Å². The fraction of sp³-hybridized carbons (Fsp3) is 0.353. The normalized spacial score (nSPS) is 17.2. The van der Waals surface area contributed by atoms with Gasteiger partial charge in [0.05, 0.1) is 12.5 Å². The Balaban J connectivity index is 1.42. The van der Waals surface area contributed by atoms with Crippen LogP contribution in [0.4, 0.5) is 5.82 Å². The minimum absolute atomic E-state index is 0.0338. The Morgan fingerprint density at radius 2 is 2.23 bits per heavy atom. The van der Waals surface area contributed by atoms with Crippen LogP contribution in [0.15, 0.2) is 42.6 Å². The lowest BCUT2D eigenvalue weighted by atomic mass is 9.97. The molecule has 1 saturated heterocycles. The average Bonchev–Trinajstić information content (AvgIpc) is 3.40. The fourth-order valence-corrected chi connectivity index (χ4v) is 3.74. The zero-order valence-corrected chi connectivity index (χ0v) is 15.0. The van der Waals surface area contributed by atoms with E-state index in [-0.39, 0.29) is 11.8 Å². The summed E-state index contributed by atoms with van der Waals surface area (Å²) in [6.45, 7) is 2.13. The van der Waals surface area contributed by atoms with Crippen LogP contribution in [0.25, 0.3) is 5.82 Å². The molecule has 9 heteroatoms. The van der Waals surface area contributed by atoms with Gasteiger partial charge < -0.3 is 10.2 Å². The van der Waals surface area contributed by atoms with Crippen LogP contribution in [-0.4, -0.2) is 43.7 Å². The molecule has 134 valence electrons.